The Kier molecular flexibility index (Phi) is 2.98. The summed E-state index contributed by atoms with van der Waals surface area (Å²) in [6, 6.07) is 5.67. The number of carbonyl (C=O) groups is 2. The van der Waals surface area contributed by atoms with E-state index in [1.54, 1.807) is 11.1 Å². The molecule has 0 saturated carbocycles. The number of rotatable bonds is 2. The standard InChI is InChI=1S/C14H14N4O2/c1-2-13(19)16-7-8-18(14(20)10-16)12-9-15-11-5-3-4-6-17(11)12/h2-6,9H,1,7-8,10H2. The van der Waals surface area contributed by atoms with E-state index in [4.69, 9.17) is 0 Å². The number of amides is 2. The number of hydrogen-bond acceptors (Lipinski definition) is 3. The fourth-order valence-corrected chi connectivity index (χ4v) is 2.35. The van der Waals surface area contributed by atoms with E-state index in [0.29, 0.717) is 13.1 Å². The molecule has 1 fully saturated rings. The van der Waals surface area contributed by atoms with Gasteiger partial charge in [0.25, 0.3) is 0 Å². The summed E-state index contributed by atoms with van der Waals surface area (Å²) in [5.41, 5.74) is 0.792. The third-order valence-electron chi connectivity index (χ3n) is 3.38. The number of hydrogen-bond donors (Lipinski definition) is 0. The lowest BCUT2D eigenvalue weighted by atomic mass is 10.3. The zero-order valence-corrected chi connectivity index (χ0v) is 10.9. The van der Waals surface area contributed by atoms with Crippen LogP contribution in [0.15, 0.2) is 43.2 Å². The topological polar surface area (TPSA) is 57.9 Å². The van der Waals surface area contributed by atoms with E-state index >= 15 is 0 Å². The molecule has 1 aliphatic heterocycles. The first-order valence-corrected chi connectivity index (χ1v) is 6.34. The molecule has 0 unspecified atom stereocenters. The summed E-state index contributed by atoms with van der Waals surface area (Å²) in [5, 5.41) is 0. The van der Waals surface area contributed by atoms with Crippen molar-refractivity contribution in [1.82, 2.24) is 14.3 Å². The fourth-order valence-electron chi connectivity index (χ4n) is 2.35. The van der Waals surface area contributed by atoms with Crippen molar-refractivity contribution in [3.05, 3.63) is 43.2 Å². The quantitative estimate of drug-likeness (QED) is 0.755. The molecule has 6 nitrogen and oxygen atoms in total. The van der Waals surface area contributed by atoms with Gasteiger partial charge in [0.2, 0.25) is 11.8 Å². The highest BCUT2D eigenvalue weighted by atomic mass is 16.2. The fraction of sp³-hybridized carbons (Fsp3) is 0.214. The lowest BCUT2D eigenvalue weighted by Gasteiger charge is -2.33. The maximum absolute atomic E-state index is 12.2. The molecule has 0 N–H and O–H groups in total. The number of imidazole rings is 1. The smallest absolute Gasteiger partial charge is 0.247 e. The van der Waals surface area contributed by atoms with Gasteiger partial charge in [0, 0.05) is 19.3 Å². The van der Waals surface area contributed by atoms with Crippen LogP contribution in [0.3, 0.4) is 0 Å². The SMILES string of the molecule is C=CC(=O)N1CCN(c2cnc3ccccn23)C(=O)C1. The van der Waals surface area contributed by atoms with Crippen molar-refractivity contribution in [2.45, 2.75) is 0 Å². The Balaban J connectivity index is 1.87. The number of pyridine rings is 1. The second kappa shape index (κ2) is 4.80. The molecule has 6 heteroatoms. The lowest BCUT2D eigenvalue weighted by Crippen LogP contribution is -2.52. The maximum atomic E-state index is 12.2. The van der Waals surface area contributed by atoms with Crippen LogP contribution in [0.2, 0.25) is 0 Å². The molecular weight excluding hydrogens is 256 g/mol. The number of carbonyl (C=O) groups excluding carboxylic acids is 2. The average Bonchev–Trinajstić information content (AvgIpc) is 2.90. The maximum Gasteiger partial charge on any atom is 0.247 e. The van der Waals surface area contributed by atoms with Crippen LogP contribution >= 0.6 is 0 Å². The van der Waals surface area contributed by atoms with Crippen LogP contribution in [0.4, 0.5) is 5.82 Å². The molecule has 3 rings (SSSR count). The molecule has 1 aliphatic rings. The third-order valence-corrected chi connectivity index (χ3v) is 3.38. The molecule has 0 aliphatic carbocycles. The summed E-state index contributed by atoms with van der Waals surface area (Å²) in [5.74, 6) is 0.407. The van der Waals surface area contributed by atoms with E-state index in [1.807, 2.05) is 28.8 Å². The first-order chi connectivity index (χ1) is 9.70. The Hall–Kier alpha value is -2.63. The minimum Gasteiger partial charge on any atom is -0.328 e. The molecule has 0 atom stereocenters. The van der Waals surface area contributed by atoms with E-state index in [-0.39, 0.29) is 18.4 Å². The van der Waals surface area contributed by atoms with Gasteiger partial charge in [-0.05, 0) is 18.2 Å². The number of anilines is 1. The summed E-state index contributed by atoms with van der Waals surface area (Å²) < 4.78 is 1.86. The van der Waals surface area contributed by atoms with Crippen LogP contribution in [0.1, 0.15) is 0 Å². The third kappa shape index (κ3) is 1.95. The van der Waals surface area contributed by atoms with Gasteiger partial charge in [-0.1, -0.05) is 12.6 Å². The van der Waals surface area contributed by atoms with Crippen LogP contribution in [0, 0.1) is 0 Å². The average molecular weight is 270 g/mol. The molecule has 2 amide bonds. The zero-order chi connectivity index (χ0) is 14.1. The van der Waals surface area contributed by atoms with Crippen molar-refractivity contribution in [3.63, 3.8) is 0 Å². The van der Waals surface area contributed by atoms with Gasteiger partial charge in [-0.25, -0.2) is 4.98 Å². The highest BCUT2D eigenvalue weighted by molar-refractivity contribution is 5.99. The summed E-state index contributed by atoms with van der Waals surface area (Å²) >= 11 is 0. The number of fused-ring (bicyclic) bond motifs is 1. The molecule has 3 heterocycles. The van der Waals surface area contributed by atoms with E-state index in [1.165, 1.54) is 11.0 Å². The number of nitrogens with zero attached hydrogens (tertiary/aromatic N) is 4. The molecule has 102 valence electrons. The molecule has 2 aromatic heterocycles. The monoisotopic (exact) mass is 270 g/mol. The van der Waals surface area contributed by atoms with Crippen molar-refractivity contribution in [2.24, 2.45) is 0 Å². The second-order valence-electron chi connectivity index (χ2n) is 4.55. The normalized spacial score (nSPS) is 15.7. The number of aromatic nitrogens is 2. The van der Waals surface area contributed by atoms with Crippen LogP contribution in [-0.4, -0.2) is 45.7 Å². The molecular formula is C14H14N4O2. The molecule has 20 heavy (non-hydrogen) atoms. The predicted molar refractivity (Wildman–Crippen MR) is 74.3 cm³/mol. The highest BCUT2D eigenvalue weighted by Crippen LogP contribution is 2.19. The predicted octanol–water partition coefficient (Wildman–Crippen LogP) is 0.696. The molecule has 0 aromatic carbocycles. The minimum atomic E-state index is -0.212. The van der Waals surface area contributed by atoms with Crippen LogP contribution < -0.4 is 4.90 Å². The van der Waals surface area contributed by atoms with E-state index in [0.717, 1.165) is 11.5 Å². The largest absolute Gasteiger partial charge is 0.328 e. The van der Waals surface area contributed by atoms with Crippen LogP contribution in [-0.2, 0) is 9.59 Å². The van der Waals surface area contributed by atoms with Crippen molar-refractivity contribution in [1.29, 1.82) is 0 Å². The van der Waals surface area contributed by atoms with Gasteiger partial charge in [-0.2, -0.15) is 0 Å². The molecule has 0 spiro atoms. The van der Waals surface area contributed by atoms with Gasteiger partial charge < -0.3 is 4.90 Å². The van der Waals surface area contributed by atoms with Gasteiger partial charge in [-0.15, -0.1) is 0 Å². The zero-order valence-electron chi connectivity index (χ0n) is 10.9. The summed E-state index contributed by atoms with van der Waals surface area (Å²) in [6.45, 7) is 4.47. The Morgan fingerprint density at radius 1 is 1.35 bits per heavy atom. The second-order valence-corrected chi connectivity index (χ2v) is 4.55. The molecule has 1 saturated heterocycles. The van der Waals surface area contributed by atoms with Crippen molar-refractivity contribution >= 4 is 23.3 Å². The Labute approximate surface area is 115 Å². The van der Waals surface area contributed by atoms with E-state index in [9.17, 15) is 9.59 Å². The molecule has 0 radical (unpaired) electrons. The van der Waals surface area contributed by atoms with E-state index < -0.39 is 0 Å². The van der Waals surface area contributed by atoms with Crippen LogP contribution in [0.5, 0.6) is 0 Å². The number of piperazine rings is 1. The molecule has 2 aromatic rings. The summed E-state index contributed by atoms with van der Waals surface area (Å²) in [6.07, 6.45) is 4.78. The van der Waals surface area contributed by atoms with Gasteiger partial charge in [0.15, 0.2) is 0 Å². The van der Waals surface area contributed by atoms with Gasteiger partial charge >= 0.3 is 0 Å². The van der Waals surface area contributed by atoms with Crippen molar-refractivity contribution in [3.8, 4) is 0 Å². The van der Waals surface area contributed by atoms with Crippen LogP contribution in [0.25, 0.3) is 5.65 Å². The van der Waals surface area contributed by atoms with E-state index in [2.05, 4.69) is 11.6 Å². The summed E-state index contributed by atoms with van der Waals surface area (Å²) in [4.78, 5) is 31.2. The molecule has 0 bridgehead atoms. The first kappa shape index (κ1) is 12.4. The Morgan fingerprint density at radius 2 is 2.20 bits per heavy atom. The minimum absolute atomic E-state index is 0.0743. The van der Waals surface area contributed by atoms with Gasteiger partial charge in [0.1, 0.15) is 18.0 Å². The highest BCUT2D eigenvalue weighted by Gasteiger charge is 2.28. The Bertz CT molecular complexity index is 691. The van der Waals surface area contributed by atoms with Crippen molar-refractivity contribution in [2.75, 3.05) is 24.5 Å². The summed E-state index contributed by atoms with van der Waals surface area (Å²) in [7, 11) is 0. The van der Waals surface area contributed by atoms with Gasteiger partial charge in [0.05, 0.1) is 6.20 Å². The first-order valence-electron chi connectivity index (χ1n) is 6.34. The van der Waals surface area contributed by atoms with Gasteiger partial charge in [-0.3, -0.25) is 18.9 Å². The Morgan fingerprint density at radius 3 is 2.95 bits per heavy atom. The van der Waals surface area contributed by atoms with Crippen molar-refractivity contribution < 1.29 is 9.59 Å². The lowest BCUT2D eigenvalue weighted by molar-refractivity contribution is -0.133.